The van der Waals surface area contributed by atoms with Crippen LogP contribution in [0.4, 0.5) is 0 Å². The molecule has 1 saturated heterocycles. The monoisotopic (exact) mass is 211 g/mol. The van der Waals surface area contributed by atoms with Gasteiger partial charge in [0.15, 0.2) is 0 Å². The fraction of sp³-hybridized carbons (Fsp3) is 0.700. The minimum atomic E-state index is 0.350. The average molecular weight is 211 g/mol. The van der Waals surface area contributed by atoms with Gasteiger partial charge >= 0.3 is 0 Å². The van der Waals surface area contributed by atoms with Gasteiger partial charge < -0.3 is 5.73 Å². The van der Waals surface area contributed by atoms with Gasteiger partial charge in [0.2, 0.25) is 0 Å². The van der Waals surface area contributed by atoms with E-state index in [2.05, 4.69) is 23.7 Å². The van der Waals surface area contributed by atoms with Crippen molar-refractivity contribution in [2.24, 2.45) is 11.7 Å². The van der Waals surface area contributed by atoms with Crippen molar-refractivity contribution in [1.29, 1.82) is 0 Å². The summed E-state index contributed by atoms with van der Waals surface area (Å²) in [6.45, 7) is 7.47. The quantitative estimate of drug-likeness (QED) is 0.800. The van der Waals surface area contributed by atoms with Crippen molar-refractivity contribution in [3.05, 3.63) is 16.1 Å². The molecule has 4 heteroatoms. The van der Waals surface area contributed by atoms with Gasteiger partial charge in [-0.25, -0.2) is 4.98 Å². The molecule has 2 atom stereocenters. The third-order valence-electron chi connectivity index (χ3n) is 2.96. The van der Waals surface area contributed by atoms with Crippen LogP contribution in [0.15, 0.2) is 5.51 Å². The van der Waals surface area contributed by atoms with E-state index in [9.17, 15) is 0 Å². The molecule has 2 rings (SSSR count). The Balaban J connectivity index is 1.97. The van der Waals surface area contributed by atoms with Crippen molar-refractivity contribution in [3.8, 4) is 0 Å². The van der Waals surface area contributed by atoms with Crippen LogP contribution in [-0.4, -0.2) is 29.0 Å². The summed E-state index contributed by atoms with van der Waals surface area (Å²) in [5.41, 5.74) is 9.07. The highest BCUT2D eigenvalue weighted by molar-refractivity contribution is 7.09. The summed E-state index contributed by atoms with van der Waals surface area (Å²) >= 11 is 1.75. The Morgan fingerprint density at radius 2 is 2.43 bits per heavy atom. The molecular formula is C10H17N3S. The molecule has 1 aromatic heterocycles. The molecule has 0 amide bonds. The first-order chi connectivity index (χ1) is 6.66. The van der Waals surface area contributed by atoms with Gasteiger partial charge in [-0.3, -0.25) is 4.90 Å². The van der Waals surface area contributed by atoms with Crippen molar-refractivity contribution < 1.29 is 0 Å². The molecule has 1 fully saturated rings. The second kappa shape index (κ2) is 3.96. The van der Waals surface area contributed by atoms with Crippen LogP contribution >= 0.6 is 11.3 Å². The van der Waals surface area contributed by atoms with Crippen molar-refractivity contribution >= 4 is 11.3 Å². The van der Waals surface area contributed by atoms with Gasteiger partial charge in [-0.15, -0.1) is 11.3 Å². The molecule has 78 valence electrons. The normalized spacial score (nSPS) is 28.5. The Morgan fingerprint density at radius 3 is 2.93 bits per heavy atom. The van der Waals surface area contributed by atoms with Crippen LogP contribution in [0.5, 0.6) is 0 Å². The van der Waals surface area contributed by atoms with Gasteiger partial charge in [-0.05, 0) is 12.8 Å². The van der Waals surface area contributed by atoms with E-state index >= 15 is 0 Å². The molecule has 2 unspecified atom stereocenters. The van der Waals surface area contributed by atoms with Gasteiger partial charge in [0.05, 0.1) is 11.2 Å². The van der Waals surface area contributed by atoms with Gasteiger partial charge in [-0.1, -0.05) is 6.92 Å². The molecule has 0 radical (unpaired) electrons. The number of nitrogens with zero attached hydrogens (tertiary/aromatic N) is 2. The Bertz CT molecular complexity index is 300. The Labute approximate surface area is 88.9 Å². The summed E-state index contributed by atoms with van der Waals surface area (Å²) < 4.78 is 0. The summed E-state index contributed by atoms with van der Waals surface area (Å²) in [5.74, 6) is 0.628. The van der Waals surface area contributed by atoms with E-state index < -0.39 is 0 Å². The van der Waals surface area contributed by atoms with Crippen LogP contribution in [0.25, 0.3) is 0 Å². The lowest BCUT2D eigenvalue weighted by molar-refractivity contribution is 0.321. The van der Waals surface area contributed by atoms with Gasteiger partial charge in [-0.2, -0.15) is 0 Å². The highest BCUT2D eigenvalue weighted by atomic mass is 32.1. The zero-order chi connectivity index (χ0) is 10.1. The fourth-order valence-electron chi connectivity index (χ4n) is 1.91. The summed E-state index contributed by atoms with van der Waals surface area (Å²) in [7, 11) is 0. The number of thiazole rings is 1. The molecule has 0 bridgehead atoms. The Hall–Kier alpha value is -0.450. The topological polar surface area (TPSA) is 42.2 Å². The molecule has 14 heavy (non-hydrogen) atoms. The lowest BCUT2D eigenvalue weighted by Crippen LogP contribution is -2.28. The number of aromatic nitrogens is 1. The standard InChI is InChI=1S/C10H17N3S/c1-7-3-13(4-9(7)11)5-10-8(2)12-6-14-10/h6-7,9H,3-5,11H2,1-2H3. The van der Waals surface area contributed by atoms with E-state index in [4.69, 9.17) is 5.73 Å². The van der Waals surface area contributed by atoms with Crippen LogP contribution in [-0.2, 0) is 6.54 Å². The number of rotatable bonds is 2. The van der Waals surface area contributed by atoms with Gasteiger partial charge in [0.25, 0.3) is 0 Å². The molecular weight excluding hydrogens is 194 g/mol. The number of aryl methyl sites for hydroxylation is 1. The van der Waals surface area contributed by atoms with Gasteiger partial charge in [0.1, 0.15) is 0 Å². The van der Waals surface area contributed by atoms with Crippen LogP contribution in [0.3, 0.4) is 0 Å². The highest BCUT2D eigenvalue weighted by Gasteiger charge is 2.26. The largest absolute Gasteiger partial charge is 0.326 e. The van der Waals surface area contributed by atoms with E-state index in [1.54, 1.807) is 11.3 Å². The number of hydrogen-bond donors (Lipinski definition) is 1. The van der Waals surface area contributed by atoms with E-state index in [1.807, 2.05) is 5.51 Å². The number of nitrogens with two attached hydrogens (primary N) is 1. The zero-order valence-corrected chi connectivity index (χ0v) is 9.55. The first kappa shape index (κ1) is 10.1. The summed E-state index contributed by atoms with van der Waals surface area (Å²) in [6, 6.07) is 0.350. The highest BCUT2D eigenvalue weighted by Crippen LogP contribution is 2.20. The SMILES string of the molecule is Cc1ncsc1CN1CC(C)C(N)C1. The van der Waals surface area contributed by atoms with E-state index in [1.165, 1.54) is 10.6 Å². The van der Waals surface area contributed by atoms with E-state index in [0.29, 0.717) is 12.0 Å². The summed E-state index contributed by atoms with van der Waals surface area (Å²) in [6.07, 6.45) is 0. The maximum atomic E-state index is 5.98. The Morgan fingerprint density at radius 1 is 1.64 bits per heavy atom. The smallest absolute Gasteiger partial charge is 0.0798 e. The summed E-state index contributed by atoms with van der Waals surface area (Å²) in [5, 5.41) is 0. The fourth-order valence-corrected chi connectivity index (χ4v) is 2.72. The maximum Gasteiger partial charge on any atom is 0.0798 e. The molecule has 1 aliphatic rings. The minimum Gasteiger partial charge on any atom is -0.326 e. The first-order valence-electron chi connectivity index (χ1n) is 5.03. The predicted octanol–water partition coefficient (Wildman–Crippen LogP) is 1.23. The molecule has 0 saturated carbocycles. The maximum absolute atomic E-state index is 5.98. The van der Waals surface area contributed by atoms with Crippen LogP contribution in [0.2, 0.25) is 0 Å². The third kappa shape index (κ3) is 1.97. The van der Waals surface area contributed by atoms with Crippen LogP contribution < -0.4 is 5.73 Å². The van der Waals surface area contributed by atoms with Crippen LogP contribution in [0.1, 0.15) is 17.5 Å². The average Bonchev–Trinajstić information content (AvgIpc) is 2.63. The van der Waals surface area contributed by atoms with Crippen molar-refractivity contribution in [1.82, 2.24) is 9.88 Å². The molecule has 1 aromatic rings. The number of hydrogen-bond acceptors (Lipinski definition) is 4. The predicted molar refractivity (Wildman–Crippen MR) is 59.3 cm³/mol. The lowest BCUT2D eigenvalue weighted by atomic mass is 10.1. The second-order valence-corrected chi connectivity index (χ2v) is 5.14. The van der Waals surface area contributed by atoms with Crippen LogP contribution in [0, 0.1) is 12.8 Å². The van der Waals surface area contributed by atoms with Crippen molar-refractivity contribution in [3.63, 3.8) is 0 Å². The van der Waals surface area contributed by atoms with E-state index in [0.717, 1.165) is 19.6 Å². The summed E-state index contributed by atoms with van der Waals surface area (Å²) in [4.78, 5) is 8.06. The molecule has 0 aromatic carbocycles. The second-order valence-electron chi connectivity index (χ2n) is 4.20. The van der Waals surface area contributed by atoms with Crippen molar-refractivity contribution in [2.45, 2.75) is 26.4 Å². The van der Waals surface area contributed by atoms with Gasteiger partial charge in [0, 0.05) is 30.6 Å². The third-order valence-corrected chi connectivity index (χ3v) is 3.88. The molecule has 3 nitrogen and oxygen atoms in total. The number of likely N-dealkylation sites (tertiary alicyclic amines) is 1. The molecule has 1 aliphatic heterocycles. The molecule has 0 aliphatic carbocycles. The minimum absolute atomic E-state index is 0.350. The molecule has 2 heterocycles. The molecule has 2 N–H and O–H groups in total. The first-order valence-corrected chi connectivity index (χ1v) is 5.91. The zero-order valence-electron chi connectivity index (χ0n) is 8.73. The Kier molecular flexibility index (Phi) is 2.85. The lowest BCUT2D eigenvalue weighted by Gasteiger charge is -2.13. The van der Waals surface area contributed by atoms with E-state index in [-0.39, 0.29) is 0 Å². The molecule has 0 spiro atoms. The van der Waals surface area contributed by atoms with Crippen molar-refractivity contribution in [2.75, 3.05) is 13.1 Å².